The second-order valence-corrected chi connectivity index (χ2v) is 6.35. The molecule has 3 heteroatoms. The van der Waals surface area contributed by atoms with Crippen molar-refractivity contribution in [3.05, 3.63) is 28.8 Å². The fraction of sp³-hybridized carbons (Fsp3) is 0.600. The molecule has 1 heterocycles. The summed E-state index contributed by atoms with van der Waals surface area (Å²) in [6.07, 6.45) is 1.14. The maximum absolute atomic E-state index is 6.18. The zero-order chi connectivity index (χ0) is 13.3. The summed E-state index contributed by atoms with van der Waals surface area (Å²) in [6, 6.07) is 6.65. The summed E-state index contributed by atoms with van der Waals surface area (Å²) in [5.41, 5.74) is 2.71. The topological polar surface area (TPSA) is 15.3 Å². The zero-order valence-electron chi connectivity index (χ0n) is 11.8. The van der Waals surface area contributed by atoms with E-state index in [4.69, 9.17) is 11.6 Å². The summed E-state index contributed by atoms with van der Waals surface area (Å²) < 4.78 is 0. The lowest BCUT2D eigenvalue weighted by molar-refractivity contribution is 0.426. The fourth-order valence-electron chi connectivity index (χ4n) is 2.92. The Morgan fingerprint density at radius 3 is 2.83 bits per heavy atom. The summed E-state index contributed by atoms with van der Waals surface area (Å²) in [5.74, 6) is 0. The summed E-state index contributed by atoms with van der Waals surface area (Å²) in [4.78, 5) is 2.52. The molecule has 2 nitrogen and oxygen atoms in total. The van der Waals surface area contributed by atoms with Crippen molar-refractivity contribution >= 4 is 17.3 Å². The summed E-state index contributed by atoms with van der Waals surface area (Å²) >= 11 is 6.18. The van der Waals surface area contributed by atoms with Crippen molar-refractivity contribution in [2.24, 2.45) is 0 Å². The quantitative estimate of drug-likeness (QED) is 0.835. The van der Waals surface area contributed by atoms with Crippen LogP contribution in [0, 0.1) is 6.92 Å². The van der Waals surface area contributed by atoms with Crippen LogP contribution in [0.2, 0.25) is 5.02 Å². The van der Waals surface area contributed by atoms with E-state index in [0.717, 1.165) is 24.5 Å². The molecule has 0 bridgehead atoms. The van der Waals surface area contributed by atoms with Gasteiger partial charge in [-0.1, -0.05) is 17.7 Å². The highest BCUT2D eigenvalue weighted by molar-refractivity contribution is 6.30. The van der Waals surface area contributed by atoms with Gasteiger partial charge in [0, 0.05) is 28.8 Å². The van der Waals surface area contributed by atoms with Crippen molar-refractivity contribution in [3.63, 3.8) is 0 Å². The Labute approximate surface area is 115 Å². The highest BCUT2D eigenvalue weighted by Gasteiger charge is 2.33. The average molecular weight is 267 g/mol. The number of nitrogens with one attached hydrogen (secondary N) is 1. The van der Waals surface area contributed by atoms with Crippen LogP contribution in [0.1, 0.15) is 32.8 Å². The van der Waals surface area contributed by atoms with E-state index in [1.807, 2.05) is 6.07 Å². The number of hydrogen-bond donors (Lipinski definition) is 1. The van der Waals surface area contributed by atoms with E-state index < -0.39 is 0 Å². The Morgan fingerprint density at radius 2 is 2.11 bits per heavy atom. The molecule has 2 rings (SSSR count). The third-order valence-corrected chi connectivity index (χ3v) is 4.11. The molecule has 1 aromatic carbocycles. The van der Waals surface area contributed by atoms with E-state index in [9.17, 15) is 0 Å². The molecule has 1 aliphatic rings. The third-order valence-electron chi connectivity index (χ3n) is 3.88. The zero-order valence-corrected chi connectivity index (χ0v) is 12.5. The third kappa shape index (κ3) is 2.65. The molecule has 0 radical (unpaired) electrons. The fourth-order valence-corrected chi connectivity index (χ4v) is 3.09. The molecule has 100 valence electrons. The number of aryl methyl sites for hydroxylation is 1. The first-order valence-corrected chi connectivity index (χ1v) is 7.06. The van der Waals surface area contributed by atoms with E-state index in [1.54, 1.807) is 0 Å². The predicted molar refractivity (Wildman–Crippen MR) is 79.7 cm³/mol. The van der Waals surface area contributed by atoms with E-state index in [2.05, 4.69) is 50.0 Å². The van der Waals surface area contributed by atoms with Gasteiger partial charge >= 0.3 is 0 Å². The van der Waals surface area contributed by atoms with Crippen LogP contribution in [0.25, 0.3) is 0 Å². The van der Waals surface area contributed by atoms with E-state index >= 15 is 0 Å². The number of hydrogen-bond acceptors (Lipinski definition) is 2. The van der Waals surface area contributed by atoms with Gasteiger partial charge in [0.25, 0.3) is 0 Å². The molecule has 1 saturated heterocycles. The van der Waals surface area contributed by atoms with Gasteiger partial charge in [-0.25, -0.2) is 0 Å². The van der Waals surface area contributed by atoms with Crippen LogP contribution < -0.4 is 10.2 Å². The van der Waals surface area contributed by atoms with Gasteiger partial charge in [-0.05, 0) is 58.4 Å². The summed E-state index contributed by atoms with van der Waals surface area (Å²) in [7, 11) is 0. The molecular formula is C15H23ClN2. The Bertz CT molecular complexity index is 429. The van der Waals surface area contributed by atoms with Crippen LogP contribution in [-0.4, -0.2) is 24.7 Å². The number of nitrogens with zero attached hydrogens (tertiary/aromatic N) is 1. The number of rotatable bonds is 1. The number of anilines is 1. The molecule has 0 spiro atoms. The standard InChI is InChI=1S/C15H23ClN2/c1-11-5-6-13(16)9-14(11)18-12(2)10-17-8-7-15(18,3)4/h5-6,9,12,17H,7-8,10H2,1-4H3. The van der Waals surface area contributed by atoms with Gasteiger partial charge in [0.2, 0.25) is 0 Å². The molecular weight excluding hydrogens is 244 g/mol. The molecule has 18 heavy (non-hydrogen) atoms. The molecule has 1 unspecified atom stereocenters. The minimum absolute atomic E-state index is 0.151. The van der Waals surface area contributed by atoms with Gasteiger partial charge in [-0.3, -0.25) is 0 Å². The minimum Gasteiger partial charge on any atom is -0.362 e. The molecule has 0 saturated carbocycles. The largest absolute Gasteiger partial charge is 0.362 e. The first-order chi connectivity index (χ1) is 8.42. The second-order valence-electron chi connectivity index (χ2n) is 5.92. The molecule has 1 aromatic rings. The molecule has 0 amide bonds. The smallest absolute Gasteiger partial charge is 0.0426 e. The van der Waals surface area contributed by atoms with Crippen molar-refractivity contribution in [1.82, 2.24) is 5.32 Å². The maximum atomic E-state index is 6.18. The minimum atomic E-state index is 0.151. The van der Waals surface area contributed by atoms with Crippen molar-refractivity contribution in [3.8, 4) is 0 Å². The average Bonchev–Trinajstić information content (AvgIpc) is 2.41. The van der Waals surface area contributed by atoms with Gasteiger partial charge in [0.15, 0.2) is 0 Å². The predicted octanol–water partition coefficient (Wildman–Crippen LogP) is 3.62. The van der Waals surface area contributed by atoms with E-state index in [-0.39, 0.29) is 5.54 Å². The lowest BCUT2D eigenvalue weighted by Gasteiger charge is -2.43. The lowest BCUT2D eigenvalue weighted by Crippen LogP contribution is -2.50. The van der Waals surface area contributed by atoms with Gasteiger partial charge < -0.3 is 10.2 Å². The SMILES string of the molecule is Cc1ccc(Cl)cc1N1C(C)CNCCC1(C)C. The van der Waals surface area contributed by atoms with Crippen molar-refractivity contribution in [1.29, 1.82) is 0 Å². The summed E-state index contributed by atoms with van der Waals surface area (Å²) in [6.45, 7) is 11.2. The molecule has 1 atom stereocenters. The molecule has 1 aliphatic heterocycles. The van der Waals surface area contributed by atoms with Crippen LogP contribution in [0.15, 0.2) is 18.2 Å². The van der Waals surface area contributed by atoms with Crippen LogP contribution in [-0.2, 0) is 0 Å². The molecule has 1 N–H and O–H groups in total. The second kappa shape index (κ2) is 5.10. The molecule has 0 aliphatic carbocycles. The van der Waals surface area contributed by atoms with Crippen LogP contribution in [0.5, 0.6) is 0 Å². The van der Waals surface area contributed by atoms with E-state index in [0.29, 0.717) is 6.04 Å². The Hall–Kier alpha value is -0.730. The highest BCUT2D eigenvalue weighted by Crippen LogP contribution is 2.34. The first-order valence-electron chi connectivity index (χ1n) is 6.68. The summed E-state index contributed by atoms with van der Waals surface area (Å²) in [5, 5.41) is 4.33. The lowest BCUT2D eigenvalue weighted by atomic mass is 9.95. The van der Waals surface area contributed by atoms with Crippen molar-refractivity contribution in [2.45, 2.75) is 45.7 Å². The molecule has 1 fully saturated rings. The van der Waals surface area contributed by atoms with E-state index in [1.165, 1.54) is 11.3 Å². The van der Waals surface area contributed by atoms with Gasteiger partial charge in [-0.2, -0.15) is 0 Å². The Morgan fingerprint density at radius 1 is 1.39 bits per heavy atom. The van der Waals surface area contributed by atoms with Gasteiger partial charge in [-0.15, -0.1) is 0 Å². The normalized spacial score (nSPS) is 23.8. The number of halogens is 1. The van der Waals surface area contributed by atoms with Crippen LogP contribution in [0.4, 0.5) is 5.69 Å². The molecule has 0 aromatic heterocycles. The highest BCUT2D eigenvalue weighted by atomic mass is 35.5. The van der Waals surface area contributed by atoms with Crippen LogP contribution in [0.3, 0.4) is 0 Å². The Balaban J connectivity index is 2.46. The number of benzene rings is 1. The van der Waals surface area contributed by atoms with Crippen molar-refractivity contribution in [2.75, 3.05) is 18.0 Å². The van der Waals surface area contributed by atoms with Gasteiger partial charge in [0.05, 0.1) is 0 Å². The van der Waals surface area contributed by atoms with Crippen molar-refractivity contribution < 1.29 is 0 Å². The Kier molecular flexibility index (Phi) is 3.88. The first kappa shape index (κ1) is 13.7. The monoisotopic (exact) mass is 266 g/mol. The van der Waals surface area contributed by atoms with Crippen LogP contribution >= 0.6 is 11.6 Å². The maximum Gasteiger partial charge on any atom is 0.0426 e. The van der Waals surface area contributed by atoms with Gasteiger partial charge in [0.1, 0.15) is 0 Å².